The zero-order valence-electron chi connectivity index (χ0n) is 8.95. The second-order valence-electron chi connectivity index (χ2n) is 3.47. The zero-order valence-corrected chi connectivity index (χ0v) is 8.95. The van der Waals surface area contributed by atoms with Crippen molar-refractivity contribution in [2.75, 3.05) is 0 Å². The first-order chi connectivity index (χ1) is 8.20. The average molecular weight is 239 g/mol. The molecule has 17 heavy (non-hydrogen) atoms. The fraction of sp³-hybridized carbons (Fsp3) is 0.167. The van der Waals surface area contributed by atoms with E-state index >= 15 is 0 Å². The third-order valence-corrected chi connectivity index (χ3v) is 2.23. The van der Waals surface area contributed by atoms with Crippen LogP contribution < -0.4 is 10.5 Å². The lowest BCUT2D eigenvalue weighted by Crippen LogP contribution is -1.98. The van der Waals surface area contributed by atoms with Gasteiger partial charge >= 0.3 is 0 Å². The predicted octanol–water partition coefficient (Wildman–Crippen LogP) is 2.60. The molecule has 0 saturated carbocycles. The third-order valence-electron chi connectivity index (χ3n) is 2.23. The molecule has 0 aliphatic rings. The molecule has 0 aliphatic heterocycles. The molecule has 0 radical (unpaired) electrons. The van der Waals surface area contributed by atoms with Crippen molar-refractivity contribution >= 4 is 0 Å². The highest BCUT2D eigenvalue weighted by molar-refractivity contribution is 5.25. The van der Waals surface area contributed by atoms with Gasteiger partial charge in [-0.25, -0.2) is 4.39 Å². The van der Waals surface area contributed by atoms with Gasteiger partial charge in [-0.2, -0.15) is 4.39 Å². The van der Waals surface area contributed by atoms with Crippen molar-refractivity contribution in [3.05, 3.63) is 53.5 Å². The van der Waals surface area contributed by atoms with Crippen molar-refractivity contribution < 1.29 is 17.9 Å². The van der Waals surface area contributed by atoms with Gasteiger partial charge < -0.3 is 14.9 Å². The van der Waals surface area contributed by atoms with Crippen LogP contribution in [0, 0.1) is 11.6 Å². The van der Waals surface area contributed by atoms with E-state index in [1.54, 1.807) is 6.07 Å². The molecule has 90 valence electrons. The Kier molecular flexibility index (Phi) is 3.39. The van der Waals surface area contributed by atoms with Crippen molar-refractivity contribution in [1.29, 1.82) is 0 Å². The van der Waals surface area contributed by atoms with Crippen LogP contribution in [0.25, 0.3) is 0 Å². The molecule has 0 spiro atoms. The van der Waals surface area contributed by atoms with Crippen LogP contribution in [0.5, 0.6) is 5.75 Å². The minimum atomic E-state index is -1.00. The summed E-state index contributed by atoms with van der Waals surface area (Å²) in [6.07, 6.45) is 1.50. The van der Waals surface area contributed by atoms with Gasteiger partial charge in [-0.15, -0.1) is 0 Å². The van der Waals surface area contributed by atoms with Crippen LogP contribution in [0.3, 0.4) is 0 Å². The average Bonchev–Trinajstić information content (AvgIpc) is 2.79. The minimum Gasteiger partial charge on any atom is -0.482 e. The SMILES string of the molecule is NCc1coc(COc2cccc(F)c2F)c1. The molecule has 0 aliphatic carbocycles. The van der Waals surface area contributed by atoms with Crippen LogP contribution in [0.2, 0.25) is 0 Å². The van der Waals surface area contributed by atoms with Gasteiger partial charge in [0, 0.05) is 12.1 Å². The Balaban J connectivity index is 2.04. The molecule has 2 aromatic rings. The largest absolute Gasteiger partial charge is 0.482 e. The topological polar surface area (TPSA) is 48.4 Å². The lowest BCUT2D eigenvalue weighted by atomic mass is 10.3. The van der Waals surface area contributed by atoms with Gasteiger partial charge in [0.25, 0.3) is 0 Å². The number of rotatable bonds is 4. The summed E-state index contributed by atoms with van der Waals surface area (Å²) in [7, 11) is 0. The summed E-state index contributed by atoms with van der Waals surface area (Å²) in [5, 5.41) is 0. The summed E-state index contributed by atoms with van der Waals surface area (Å²) < 4.78 is 36.3. The Labute approximate surface area is 96.8 Å². The van der Waals surface area contributed by atoms with Gasteiger partial charge in [0.1, 0.15) is 12.4 Å². The first-order valence-electron chi connectivity index (χ1n) is 5.04. The van der Waals surface area contributed by atoms with E-state index in [2.05, 4.69) is 0 Å². The van der Waals surface area contributed by atoms with Crippen molar-refractivity contribution in [1.82, 2.24) is 0 Å². The predicted molar refractivity (Wildman–Crippen MR) is 57.3 cm³/mol. The Hall–Kier alpha value is -1.88. The van der Waals surface area contributed by atoms with E-state index < -0.39 is 11.6 Å². The number of ether oxygens (including phenoxy) is 1. The first-order valence-corrected chi connectivity index (χ1v) is 5.04. The fourth-order valence-corrected chi connectivity index (χ4v) is 1.35. The van der Waals surface area contributed by atoms with Crippen LogP contribution >= 0.6 is 0 Å². The van der Waals surface area contributed by atoms with Crippen molar-refractivity contribution in [3.8, 4) is 5.75 Å². The summed E-state index contributed by atoms with van der Waals surface area (Å²) in [6, 6.07) is 5.46. The van der Waals surface area contributed by atoms with Crippen LogP contribution in [0.1, 0.15) is 11.3 Å². The molecule has 0 saturated heterocycles. The molecule has 0 bridgehead atoms. The van der Waals surface area contributed by atoms with Gasteiger partial charge in [0.15, 0.2) is 11.6 Å². The minimum absolute atomic E-state index is 0.0281. The molecule has 2 N–H and O–H groups in total. The highest BCUT2D eigenvalue weighted by atomic mass is 19.2. The summed E-state index contributed by atoms with van der Waals surface area (Å²) in [5.74, 6) is -1.58. The van der Waals surface area contributed by atoms with Gasteiger partial charge in [-0.05, 0) is 18.2 Å². The maximum atomic E-state index is 13.2. The Bertz CT molecular complexity index is 511. The number of hydrogen-bond donors (Lipinski definition) is 1. The second kappa shape index (κ2) is 4.97. The van der Waals surface area contributed by atoms with E-state index in [0.717, 1.165) is 11.6 Å². The molecule has 5 heteroatoms. The quantitative estimate of drug-likeness (QED) is 0.892. The molecule has 0 fully saturated rings. The molecule has 0 unspecified atom stereocenters. The number of furan rings is 1. The van der Waals surface area contributed by atoms with Crippen molar-refractivity contribution in [2.24, 2.45) is 5.73 Å². The number of halogens is 2. The maximum absolute atomic E-state index is 13.2. The molecule has 1 heterocycles. The normalized spacial score (nSPS) is 10.5. The Morgan fingerprint density at radius 2 is 2.12 bits per heavy atom. The van der Waals surface area contributed by atoms with Gasteiger partial charge in [0.05, 0.1) is 6.26 Å². The maximum Gasteiger partial charge on any atom is 0.200 e. The zero-order chi connectivity index (χ0) is 12.3. The van der Waals surface area contributed by atoms with Crippen LogP contribution in [0.4, 0.5) is 8.78 Å². The van der Waals surface area contributed by atoms with Crippen LogP contribution in [-0.4, -0.2) is 0 Å². The smallest absolute Gasteiger partial charge is 0.200 e. The second-order valence-corrected chi connectivity index (χ2v) is 3.47. The third kappa shape index (κ3) is 2.62. The molecule has 1 aromatic heterocycles. The number of benzene rings is 1. The first kappa shape index (κ1) is 11.6. The standard InChI is InChI=1S/C12H11F2NO2/c13-10-2-1-3-11(12(10)14)17-7-9-4-8(5-15)6-16-9/h1-4,6H,5,7,15H2. The lowest BCUT2D eigenvalue weighted by molar-refractivity contribution is 0.255. The number of hydrogen-bond acceptors (Lipinski definition) is 3. The molecule has 0 amide bonds. The Morgan fingerprint density at radius 1 is 1.29 bits per heavy atom. The molecule has 1 aromatic carbocycles. The molecule has 0 atom stereocenters. The summed E-state index contributed by atoms with van der Waals surface area (Å²) in [6.45, 7) is 0.387. The molecule has 2 rings (SSSR count). The van der Waals surface area contributed by atoms with E-state index in [9.17, 15) is 8.78 Å². The van der Waals surface area contributed by atoms with E-state index in [4.69, 9.17) is 14.9 Å². The number of nitrogens with two attached hydrogens (primary N) is 1. The molecular weight excluding hydrogens is 228 g/mol. The molecular formula is C12H11F2NO2. The van der Waals surface area contributed by atoms with Crippen LogP contribution in [-0.2, 0) is 13.2 Å². The van der Waals surface area contributed by atoms with Crippen molar-refractivity contribution in [2.45, 2.75) is 13.2 Å². The van der Waals surface area contributed by atoms with E-state index in [1.165, 1.54) is 18.4 Å². The summed E-state index contributed by atoms with van der Waals surface area (Å²) >= 11 is 0. The summed E-state index contributed by atoms with van der Waals surface area (Å²) in [5.41, 5.74) is 6.23. The monoisotopic (exact) mass is 239 g/mol. The van der Waals surface area contributed by atoms with Gasteiger partial charge in [-0.1, -0.05) is 6.07 Å². The van der Waals surface area contributed by atoms with Crippen molar-refractivity contribution in [3.63, 3.8) is 0 Å². The van der Waals surface area contributed by atoms with Gasteiger partial charge in [0.2, 0.25) is 5.82 Å². The molecule has 3 nitrogen and oxygen atoms in total. The highest BCUT2D eigenvalue weighted by Crippen LogP contribution is 2.20. The highest BCUT2D eigenvalue weighted by Gasteiger charge is 2.09. The van der Waals surface area contributed by atoms with E-state index in [-0.39, 0.29) is 12.4 Å². The van der Waals surface area contributed by atoms with E-state index in [0.29, 0.717) is 12.3 Å². The Morgan fingerprint density at radius 3 is 2.82 bits per heavy atom. The summed E-state index contributed by atoms with van der Waals surface area (Å²) in [4.78, 5) is 0. The van der Waals surface area contributed by atoms with Gasteiger partial charge in [-0.3, -0.25) is 0 Å². The lowest BCUT2D eigenvalue weighted by Gasteiger charge is -2.05. The van der Waals surface area contributed by atoms with E-state index in [1.807, 2.05) is 0 Å². The fourth-order valence-electron chi connectivity index (χ4n) is 1.35. The van der Waals surface area contributed by atoms with Crippen LogP contribution in [0.15, 0.2) is 34.9 Å².